The van der Waals surface area contributed by atoms with E-state index in [9.17, 15) is 24.8 Å². The van der Waals surface area contributed by atoms with Crippen LogP contribution in [0.5, 0.6) is 5.75 Å². The van der Waals surface area contributed by atoms with Gasteiger partial charge in [-0.15, -0.1) is 6.58 Å². The van der Waals surface area contributed by atoms with E-state index in [1.165, 1.54) is 17.0 Å². The zero-order valence-electron chi connectivity index (χ0n) is 24.7. The number of phenolic OH excluding ortho intramolecular Hbond substituents is 1. The summed E-state index contributed by atoms with van der Waals surface area (Å²) in [6.07, 6.45) is 2.59. The first kappa shape index (κ1) is 30.8. The van der Waals surface area contributed by atoms with Gasteiger partial charge in [-0.3, -0.25) is 9.59 Å². The van der Waals surface area contributed by atoms with Gasteiger partial charge in [-0.2, -0.15) is 5.26 Å². The number of aromatic hydroxyl groups is 1. The first-order valence-electron chi connectivity index (χ1n) is 14.6. The summed E-state index contributed by atoms with van der Waals surface area (Å²) < 4.78 is 0. The number of rotatable bonds is 11. The molecule has 1 aromatic heterocycles. The molecule has 2 heterocycles. The SMILES string of the molecule is C=CCNCC(=O)N1C(NC(=O)NCc2ccccc2)CN(Cc2cccc3c(C#N)c[nH]c23)C(=O)[C@@H]1Cc1ccc(O)cc1. The normalized spacial score (nSPS) is 16.3. The number of carbonyl (C=O) groups is 3. The summed E-state index contributed by atoms with van der Waals surface area (Å²) in [4.78, 5) is 47.4. The van der Waals surface area contributed by atoms with Crippen molar-refractivity contribution in [2.75, 3.05) is 19.6 Å². The number of phenols is 1. The third-order valence-electron chi connectivity index (χ3n) is 7.76. The maximum absolute atomic E-state index is 14.2. The van der Waals surface area contributed by atoms with Crippen molar-refractivity contribution in [3.63, 3.8) is 0 Å². The molecule has 0 saturated carbocycles. The standard InChI is InChI=1S/C34H35N7O4/c1-2-15-36-20-31(43)41-29(16-23-11-13-27(42)14-12-23)33(44)40(21-25-9-6-10-28-26(17-35)19-37-32(25)28)22-30(41)39-34(45)38-18-24-7-4-3-5-8-24/h2-14,19,29-30,36-37,42H,1,15-16,18,20-22H2,(H2,38,39,45)/t29-,30?/m0/s1. The van der Waals surface area contributed by atoms with E-state index in [1.807, 2.05) is 48.5 Å². The lowest BCUT2D eigenvalue weighted by atomic mass is 9.98. The molecule has 4 aromatic rings. The fourth-order valence-electron chi connectivity index (χ4n) is 5.58. The molecule has 1 fully saturated rings. The number of para-hydroxylation sites is 1. The highest BCUT2D eigenvalue weighted by Gasteiger charge is 2.43. The number of fused-ring (bicyclic) bond motifs is 1. The van der Waals surface area contributed by atoms with Crippen molar-refractivity contribution < 1.29 is 19.5 Å². The maximum atomic E-state index is 14.2. The van der Waals surface area contributed by atoms with Crippen molar-refractivity contribution in [2.24, 2.45) is 0 Å². The average molecular weight is 606 g/mol. The molecule has 11 heteroatoms. The molecule has 1 saturated heterocycles. The van der Waals surface area contributed by atoms with Crippen molar-refractivity contribution in [1.82, 2.24) is 30.7 Å². The summed E-state index contributed by atoms with van der Waals surface area (Å²) in [5.74, 6) is -0.554. The molecule has 2 atom stereocenters. The first-order valence-corrected chi connectivity index (χ1v) is 14.6. The van der Waals surface area contributed by atoms with Crippen LogP contribution >= 0.6 is 0 Å². The number of benzene rings is 3. The van der Waals surface area contributed by atoms with Gasteiger partial charge in [0.25, 0.3) is 0 Å². The number of piperazine rings is 1. The number of nitriles is 1. The van der Waals surface area contributed by atoms with Crippen LogP contribution in [0.3, 0.4) is 0 Å². The fourth-order valence-corrected chi connectivity index (χ4v) is 5.58. The molecule has 45 heavy (non-hydrogen) atoms. The topological polar surface area (TPSA) is 154 Å². The van der Waals surface area contributed by atoms with Crippen LogP contribution < -0.4 is 16.0 Å². The monoisotopic (exact) mass is 605 g/mol. The van der Waals surface area contributed by atoms with Gasteiger partial charge < -0.3 is 35.8 Å². The average Bonchev–Trinajstić information content (AvgIpc) is 3.48. The molecule has 1 aliphatic heterocycles. The van der Waals surface area contributed by atoms with Gasteiger partial charge in [0.2, 0.25) is 11.8 Å². The van der Waals surface area contributed by atoms with E-state index in [4.69, 9.17) is 0 Å². The van der Waals surface area contributed by atoms with Crippen LogP contribution in [0.25, 0.3) is 10.9 Å². The Labute approximate surface area is 261 Å². The number of hydrogen-bond donors (Lipinski definition) is 5. The molecule has 1 aliphatic rings. The van der Waals surface area contributed by atoms with Crippen molar-refractivity contribution in [1.29, 1.82) is 5.26 Å². The molecule has 5 N–H and O–H groups in total. The predicted octanol–water partition coefficient (Wildman–Crippen LogP) is 3.13. The lowest BCUT2D eigenvalue weighted by molar-refractivity contribution is -0.156. The lowest BCUT2D eigenvalue weighted by Gasteiger charge is -2.46. The molecule has 3 aromatic carbocycles. The predicted molar refractivity (Wildman–Crippen MR) is 170 cm³/mol. The van der Waals surface area contributed by atoms with E-state index < -0.39 is 18.2 Å². The molecule has 0 aliphatic carbocycles. The molecule has 0 radical (unpaired) electrons. The van der Waals surface area contributed by atoms with E-state index in [2.05, 4.69) is 33.6 Å². The van der Waals surface area contributed by atoms with E-state index in [1.54, 1.807) is 29.3 Å². The van der Waals surface area contributed by atoms with Gasteiger partial charge in [-0.1, -0.05) is 66.7 Å². The summed E-state index contributed by atoms with van der Waals surface area (Å²) in [6.45, 7) is 4.52. The quantitative estimate of drug-likeness (QED) is 0.131. The summed E-state index contributed by atoms with van der Waals surface area (Å²) in [7, 11) is 0. The smallest absolute Gasteiger partial charge is 0.316 e. The Kier molecular flexibility index (Phi) is 9.77. The summed E-state index contributed by atoms with van der Waals surface area (Å²) >= 11 is 0. The zero-order valence-corrected chi connectivity index (χ0v) is 24.7. The Morgan fingerprint density at radius 2 is 1.84 bits per heavy atom. The van der Waals surface area contributed by atoms with Gasteiger partial charge in [-0.05, 0) is 28.8 Å². The number of urea groups is 1. The Morgan fingerprint density at radius 3 is 2.58 bits per heavy atom. The second kappa shape index (κ2) is 14.2. The van der Waals surface area contributed by atoms with Crippen molar-refractivity contribution >= 4 is 28.7 Å². The van der Waals surface area contributed by atoms with Crippen LogP contribution in [0.15, 0.2) is 91.6 Å². The number of amides is 4. The molecule has 1 unspecified atom stereocenters. The fraction of sp³-hybridized carbons (Fsp3) is 0.235. The zero-order chi connectivity index (χ0) is 31.8. The summed E-state index contributed by atoms with van der Waals surface area (Å²) in [5, 5.41) is 28.9. The largest absolute Gasteiger partial charge is 0.508 e. The minimum atomic E-state index is -0.946. The van der Waals surface area contributed by atoms with E-state index in [-0.39, 0.29) is 50.2 Å². The highest BCUT2D eigenvalue weighted by Crippen LogP contribution is 2.26. The summed E-state index contributed by atoms with van der Waals surface area (Å²) in [5.41, 5.74) is 3.69. The maximum Gasteiger partial charge on any atom is 0.316 e. The molecular formula is C34H35N7O4. The van der Waals surface area contributed by atoms with E-state index in [0.29, 0.717) is 12.1 Å². The number of nitrogens with zero attached hydrogens (tertiary/aromatic N) is 3. The van der Waals surface area contributed by atoms with Gasteiger partial charge in [-0.25, -0.2) is 4.79 Å². The Balaban J connectivity index is 1.47. The number of aromatic nitrogens is 1. The first-order chi connectivity index (χ1) is 21.9. The van der Waals surface area contributed by atoms with Crippen LogP contribution in [0.2, 0.25) is 0 Å². The molecule has 4 amide bonds. The van der Waals surface area contributed by atoms with Gasteiger partial charge in [0.05, 0.1) is 24.2 Å². The van der Waals surface area contributed by atoms with Crippen LogP contribution in [0.4, 0.5) is 4.79 Å². The van der Waals surface area contributed by atoms with Crippen LogP contribution in [0, 0.1) is 11.3 Å². The third-order valence-corrected chi connectivity index (χ3v) is 7.76. The highest BCUT2D eigenvalue weighted by atomic mass is 16.3. The van der Waals surface area contributed by atoms with Crippen molar-refractivity contribution in [3.8, 4) is 11.8 Å². The van der Waals surface area contributed by atoms with Crippen molar-refractivity contribution in [3.05, 3.63) is 114 Å². The Morgan fingerprint density at radius 1 is 1.07 bits per heavy atom. The number of carbonyl (C=O) groups excluding carboxylic acids is 3. The Bertz CT molecular complexity index is 1710. The number of hydrogen-bond acceptors (Lipinski definition) is 6. The van der Waals surface area contributed by atoms with E-state index in [0.717, 1.165) is 27.6 Å². The molecule has 0 bridgehead atoms. The second-order valence-electron chi connectivity index (χ2n) is 10.8. The van der Waals surface area contributed by atoms with Crippen LogP contribution in [0.1, 0.15) is 22.3 Å². The van der Waals surface area contributed by atoms with Crippen LogP contribution in [-0.4, -0.2) is 69.6 Å². The minimum Gasteiger partial charge on any atom is -0.508 e. The van der Waals surface area contributed by atoms with Crippen LogP contribution in [-0.2, 0) is 29.1 Å². The molecule has 230 valence electrons. The van der Waals surface area contributed by atoms with Gasteiger partial charge in [0.1, 0.15) is 24.0 Å². The number of nitrogens with one attached hydrogen (secondary N) is 4. The van der Waals surface area contributed by atoms with E-state index >= 15 is 0 Å². The molecule has 0 spiro atoms. The molecular weight excluding hydrogens is 570 g/mol. The van der Waals surface area contributed by atoms with Gasteiger partial charge in [0.15, 0.2) is 0 Å². The van der Waals surface area contributed by atoms with Gasteiger partial charge >= 0.3 is 6.03 Å². The lowest BCUT2D eigenvalue weighted by Crippen LogP contribution is -2.69. The molecule has 11 nitrogen and oxygen atoms in total. The highest BCUT2D eigenvalue weighted by molar-refractivity contribution is 5.92. The Hall–Kier alpha value is -5.60. The van der Waals surface area contributed by atoms with Crippen molar-refractivity contribution in [2.45, 2.75) is 31.7 Å². The third kappa shape index (κ3) is 7.31. The number of H-pyrrole nitrogens is 1. The molecule has 5 rings (SSSR count). The summed E-state index contributed by atoms with van der Waals surface area (Å²) in [6, 6.07) is 22.2. The van der Waals surface area contributed by atoms with Gasteiger partial charge in [0, 0.05) is 37.6 Å². The second-order valence-corrected chi connectivity index (χ2v) is 10.8. The minimum absolute atomic E-state index is 0.0407. The number of aromatic amines is 1.